The molecule has 1 N–H and O–H groups in total. The van der Waals surface area contributed by atoms with Crippen LogP contribution in [0.2, 0.25) is 5.02 Å². The SMILES string of the molecule is CCCOc1ccc(NC2CCC(C)C(C)C2)cc1Cl. The highest BCUT2D eigenvalue weighted by Gasteiger charge is 2.24. The molecule has 3 unspecified atom stereocenters. The zero-order valence-corrected chi connectivity index (χ0v) is 13.5. The van der Waals surface area contributed by atoms with Crippen molar-refractivity contribution in [2.75, 3.05) is 11.9 Å². The molecule has 2 nitrogen and oxygen atoms in total. The van der Waals surface area contributed by atoms with Gasteiger partial charge in [-0.25, -0.2) is 0 Å². The van der Waals surface area contributed by atoms with Gasteiger partial charge in [0.2, 0.25) is 0 Å². The number of anilines is 1. The molecule has 2 rings (SSSR count). The van der Waals surface area contributed by atoms with Gasteiger partial charge in [-0.15, -0.1) is 0 Å². The Hall–Kier alpha value is -0.890. The molecular weight excluding hydrogens is 270 g/mol. The number of rotatable bonds is 5. The fourth-order valence-electron chi connectivity index (χ4n) is 2.83. The van der Waals surface area contributed by atoms with Gasteiger partial charge >= 0.3 is 0 Å². The van der Waals surface area contributed by atoms with Crippen molar-refractivity contribution in [1.29, 1.82) is 0 Å². The Morgan fingerprint density at radius 2 is 2.05 bits per heavy atom. The zero-order valence-electron chi connectivity index (χ0n) is 12.8. The third-order valence-corrected chi connectivity index (χ3v) is 4.66. The molecule has 0 spiro atoms. The van der Waals surface area contributed by atoms with Crippen molar-refractivity contribution in [1.82, 2.24) is 0 Å². The van der Waals surface area contributed by atoms with E-state index in [1.54, 1.807) is 0 Å². The lowest BCUT2D eigenvalue weighted by Gasteiger charge is -2.33. The van der Waals surface area contributed by atoms with Gasteiger partial charge in [0.25, 0.3) is 0 Å². The molecule has 1 aliphatic carbocycles. The molecule has 0 bridgehead atoms. The second kappa shape index (κ2) is 7.21. The van der Waals surface area contributed by atoms with E-state index in [9.17, 15) is 0 Å². The predicted molar refractivity (Wildman–Crippen MR) is 86.8 cm³/mol. The normalized spacial score (nSPS) is 26.3. The number of ether oxygens (including phenoxy) is 1. The lowest BCUT2D eigenvalue weighted by molar-refractivity contribution is 0.261. The summed E-state index contributed by atoms with van der Waals surface area (Å²) in [6.07, 6.45) is 4.79. The molecule has 0 heterocycles. The van der Waals surface area contributed by atoms with Crippen molar-refractivity contribution < 1.29 is 4.74 Å². The largest absolute Gasteiger partial charge is 0.492 e. The van der Waals surface area contributed by atoms with Crippen molar-refractivity contribution in [2.24, 2.45) is 11.8 Å². The van der Waals surface area contributed by atoms with Crippen LogP contribution in [0.25, 0.3) is 0 Å². The van der Waals surface area contributed by atoms with Gasteiger partial charge < -0.3 is 10.1 Å². The van der Waals surface area contributed by atoms with Crippen molar-refractivity contribution in [3.63, 3.8) is 0 Å². The summed E-state index contributed by atoms with van der Waals surface area (Å²) in [5.41, 5.74) is 1.10. The molecule has 1 fully saturated rings. The number of hydrogen-bond acceptors (Lipinski definition) is 2. The van der Waals surface area contributed by atoms with Gasteiger partial charge in [-0.3, -0.25) is 0 Å². The first-order chi connectivity index (χ1) is 9.60. The molecule has 0 saturated heterocycles. The lowest BCUT2D eigenvalue weighted by atomic mass is 9.79. The van der Waals surface area contributed by atoms with Crippen molar-refractivity contribution in [2.45, 2.75) is 52.5 Å². The Labute approximate surface area is 127 Å². The predicted octanol–water partition coefficient (Wildman–Crippen LogP) is 5.37. The van der Waals surface area contributed by atoms with Crippen LogP contribution in [0.3, 0.4) is 0 Å². The highest BCUT2D eigenvalue weighted by molar-refractivity contribution is 6.32. The first kappa shape index (κ1) is 15.5. The first-order valence-electron chi connectivity index (χ1n) is 7.79. The smallest absolute Gasteiger partial charge is 0.138 e. The van der Waals surface area contributed by atoms with E-state index < -0.39 is 0 Å². The Balaban J connectivity index is 1.95. The molecule has 0 aliphatic heterocycles. The van der Waals surface area contributed by atoms with Gasteiger partial charge in [-0.1, -0.05) is 32.4 Å². The van der Waals surface area contributed by atoms with Crippen molar-refractivity contribution in [3.8, 4) is 5.75 Å². The van der Waals surface area contributed by atoms with Gasteiger partial charge in [-0.2, -0.15) is 0 Å². The average Bonchev–Trinajstić information content (AvgIpc) is 2.42. The number of halogens is 1. The third-order valence-electron chi connectivity index (χ3n) is 4.36. The number of nitrogens with one attached hydrogen (secondary N) is 1. The monoisotopic (exact) mass is 295 g/mol. The van der Waals surface area contributed by atoms with Crippen LogP contribution in [0.5, 0.6) is 5.75 Å². The topological polar surface area (TPSA) is 21.3 Å². The van der Waals surface area contributed by atoms with Gasteiger partial charge in [0, 0.05) is 11.7 Å². The summed E-state index contributed by atoms with van der Waals surface area (Å²) in [4.78, 5) is 0. The molecule has 3 atom stereocenters. The standard InChI is InChI=1S/C17H26ClNO/c1-4-9-20-17-8-7-15(11-16(17)18)19-14-6-5-12(2)13(3)10-14/h7-8,11-14,19H,4-6,9-10H2,1-3H3. The molecule has 1 saturated carbocycles. The van der Waals surface area contributed by atoms with Crippen LogP contribution in [0, 0.1) is 11.8 Å². The van der Waals surface area contributed by atoms with E-state index in [0.29, 0.717) is 17.7 Å². The highest BCUT2D eigenvalue weighted by atomic mass is 35.5. The maximum Gasteiger partial charge on any atom is 0.138 e. The van der Waals surface area contributed by atoms with E-state index in [4.69, 9.17) is 16.3 Å². The molecule has 0 aromatic heterocycles. The molecule has 1 aliphatic rings. The summed E-state index contributed by atoms with van der Waals surface area (Å²) >= 11 is 6.27. The average molecular weight is 296 g/mol. The van der Waals surface area contributed by atoms with Crippen LogP contribution >= 0.6 is 11.6 Å². The summed E-state index contributed by atoms with van der Waals surface area (Å²) < 4.78 is 5.60. The van der Waals surface area contributed by atoms with Crippen LogP contribution in [-0.2, 0) is 0 Å². The molecule has 1 aromatic rings. The van der Waals surface area contributed by atoms with Gasteiger partial charge in [0.15, 0.2) is 0 Å². The summed E-state index contributed by atoms with van der Waals surface area (Å²) in [7, 11) is 0. The molecule has 0 radical (unpaired) electrons. The Kier molecular flexibility index (Phi) is 5.59. The molecular formula is C17H26ClNO. The van der Waals surface area contributed by atoms with Crippen LogP contribution in [0.1, 0.15) is 46.5 Å². The van der Waals surface area contributed by atoms with E-state index in [-0.39, 0.29) is 0 Å². The molecule has 3 heteroatoms. The summed E-state index contributed by atoms with van der Waals surface area (Å²) in [6.45, 7) is 7.52. The third kappa shape index (κ3) is 4.05. The minimum Gasteiger partial charge on any atom is -0.492 e. The molecule has 1 aromatic carbocycles. The minimum absolute atomic E-state index is 0.569. The molecule has 20 heavy (non-hydrogen) atoms. The Morgan fingerprint density at radius 3 is 2.70 bits per heavy atom. The fourth-order valence-corrected chi connectivity index (χ4v) is 3.07. The minimum atomic E-state index is 0.569. The summed E-state index contributed by atoms with van der Waals surface area (Å²) in [6, 6.07) is 6.59. The van der Waals surface area contributed by atoms with E-state index >= 15 is 0 Å². The lowest BCUT2D eigenvalue weighted by Crippen LogP contribution is -2.30. The van der Waals surface area contributed by atoms with Gasteiger partial charge in [-0.05, 0) is 55.7 Å². The van der Waals surface area contributed by atoms with E-state index in [1.807, 2.05) is 12.1 Å². The number of hydrogen-bond donors (Lipinski definition) is 1. The zero-order chi connectivity index (χ0) is 14.5. The molecule has 112 valence electrons. The molecule has 0 amide bonds. The van der Waals surface area contributed by atoms with Gasteiger partial charge in [0.05, 0.1) is 11.6 Å². The van der Waals surface area contributed by atoms with Crippen LogP contribution in [-0.4, -0.2) is 12.6 Å². The maximum atomic E-state index is 6.27. The van der Waals surface area contributed by atoms with Crippen LogP contribution < -0.4 is 10.1 Å². The first-order valence-corrected chi connectivity index (χ1v) is 8.16. The quantitative estimate of drug-likeness (QED) is 0.789. The van der Waals surface area contributed by atoms with Crippen LogP contribution in [0.4, 0.5) is 5.69 Å². The second-order valence-electron chi connectivity index (χ2n) is 6.10. The summed E-state index contributed by atoms with van der Waals surface area (Å²) in [5, 5.41) is 4.31. The van der Waals surface area contributed by atoms with Crippen LogP contribution in [0.15, 0.2) is 18.2 Å². The van der Waals surface area contributed by atoms with E-state index in [1.165, 1.54) is 19.3 Å². The van der Waals surface area contributed by atoms with Crippen molar-refractivity contribution in [3.05, 3.63) is 23.2 Å². The Bertz CT molecular complexity index is 435. The summed E-state index contributed by atoms with van der Waals surface area (Å²) in [5.74, 6) is 2.43. The number of benzene rings is 1. The highest BCUT2D eigenvalue weighted by Crippen LogP contribution is 2.33. The maximum absolute atomic E-state index is 6.27. The van der Waals surface area contributed by atoms with Crippen molar-refractivity contribution >= 4 is 17.3 Å². The fraction of sp³-hybridized carbons (Fsp3) is 0.647. The second-order valence-corrected chi connectivity index (χ2v) is 6.51. The van der Waals surface area contributed by atoms with E-state index in [0.717, 1.165) is 29.7 Å². The van der Waals surface area contributed by atoms with E-state index in [2.05, 4.69) is 32.2 Å². The Morgan fingerprint density at radius 1 is 1.25 bits per heavy atom. The van der Waals surface area contributed by atoms with Gasteiger partial charge in [0.1, 0.15) is 5.75 Å².